The van der Waals surface area contributed by atoms with Gasteiger partial charge in [0, 0.05) is 11.1 Å². The lowest BCUT2D eigenvalue weighted by Gasteiger charge is -2.41. The van der Waals surface area contributed by atoms with Crippen LogP contribution in [0.25, 0.3) is 0 Å². The van der Waals surface area contributed by atoms with Gasteiger partial charge in [-0.1, -0.05) is 36.4 Å². The number of ether oxygens (including phenoxy) is 3. The fourth-order valence-electron chi connectivity index (χ4n) is 2.16. The third kappa shape index (κ3) is 4.20. The molecular weight excluding hydrogens is 316 g/mol. The number of carbonyl (C=O) groups is 3. The topological polar surface area (TPSA) is 99.1 Å². The number of carboxylic acid groups (broad SMARTS) is 1. The van der Waals surface area contributed by atoms with Crippen molar-refractivity contribution in [2.75, 3.05) is 19.8 Å². The first-order chi connectivity index (χ1) is 11.3. The fourth-order valence-corrected chi connectivity index (χ4v) is 2.16. The highest BCUT2D eigenvalue weighted by Crippen LogP contribution is 2.34. The molecule has 24 heavy (non-hydrogen) atoms. The molecular formula is C17H18O7. The highest BCUT2D eigenvalue weighted by atomic mass is 16.6. The Morgan fingerprint density at radius 2 is 1.88 bits per heavy atom. The van der Waals surface area contributed by atoms with Crippen LogP contribution in [0, 0.1) is 6.92 Å². The molecule has 1 fully saturated rings. The van der Waals surface area contributed by atoms with Gasteiger partial charge in [-0.15, -0.1) is 0 Å². The van der Waals surface area contributed by atoms with E-state index in [1.54, 1.807) is 0 Å². The summed E-state index contributed by atoms with van der Waals surface area (Å²) in [6.45, 7) is 5.07. The van der Waals surface area contributed by atoms with Crippen molar-refractivity contribution >= 4 is 17.9 Å². The Morgan fingerprint density at radius 3 is 2.38 bits per heavy atom. The first-order valence-corrected chi connectivity index (χ1v) is 7.26. The van der Waals surface area contributed by atoms with Crippen molar-refractivity contribution < 1.29 is 33.7 Å². The van der Waals surface area contributed by atoms with Crippen LogP contribution in [0.4, 0.5) is 0 Å². The molecule has 1 N–H and O–H groups in total. The summed E-state index contributed by atoms with van der Waals surface area (Å²) in [6.07, 6.45) is -0.383. The summed E-state index contributed by atoms with van der Waals surface area (Å²) >= 11 is 0. The van der Waals surface area contributed by atoms with Gasteiger partial charge in [-0.25, -0.2) is 9.59 Å². The highest BCUT2D eigenvalue weighted by molar-refractivity contribution is 5.94. The molecule has 2 rings (SSSR count). The Balaban J connectivity index is 1.95. The summed E-state index contributed by atoms with van der Waals surface area (Å²) < 4.78 is 15.1. The number of carboxylic acids is 1. The smallest absolute Gasteiger partial charge is 0.341 e. The maximum absolute atomic E-state index is 12.1. The Labute approximate surface area is 138 Å². The Morgan fingerprint density at radius 1 is 1.25 bits per heavy atom. The van der Waals surface area contributed by atoms with Gasteiger partial charge in [0.1, 0.15) is 0 Å². The summed E-state index contributed by atoms with van der Waals surface area (Å²) in [7, 11) is 0. The van der Waals surface area contributed by atoms with Gasteiger partial charge >= 0.3 is 17.9 Å². The van der Waals surface area contributed by atoms with Crippen LogP contribution in [0.5, 0.6) is 0 Å². The van der Waals surface area contributed by atoms with Gasteiger partial charge in [0.2, 0.25) is 0 Å². The summed E-state index contributed by atoms with van der Waals surface area (Å²) in [4.78, 5) is 34.0. The Bertz CT molecular complexity index is 656. The average molecular weight is 334 g/mol. The van der Waals surface area contributed by atoms with E-state index in [1.807, 2.05) is 31.2 Å². The number of hydrogen-bond acceptors (Lipinski definition) is 6. The average Bonchev–Trinajstić information content (AvgIpc) is 2.49. The molecule has 0 spiro atoms. The third-order valence-electron chi connectivity index (χ3n) is 3.53. The van der Waals surface area contributed by atoms with Crippen LogP contribution >= 0.6 is 0 Å². The minimum atomic E-state index is -1.29. The molecule has 0 radical (unpaired) electrons. The highest BCUT2D eigenvalue weighted by Gasteiger charge is 2.44. The maximum Gasteiger partial charge on any atom is 0.341 e. The van der Waals surface area contributed by atoms with Gasteiger partial charge in [0.05, 0.1) is 19.6 Å². The Hall–Kier alpha value is -2.67. The summed E-state index contributed by atoms with van der Waals surface area (Å²) in [5.41, 5.74) is 0.859. The van der Waals surface area contributed by atoms with Crippen molar-refractivity contribution in [2.24, 2.45) is 0 Å². The second-order valence-electron chi connectivity index (χ2n) is 5.58. The predicted octanol–water partition coefficient (Wildman–Crippen LogP) is 1.34. The fraction of sp³-hybridized carbons (Fsp3) is 0.353. The van der Waals surface area contributed by atoms with E-state index in [1.165, 1.54) is 0 Å². The molecule has 1 saturated heterocycles. The van der Waals surface area contributed by atoms with Gasteiger partial charge in [0.15, 0.2) is 12.2 Å². The Kier molecular flexibility index (Phi) is 5.35. The first kappa shape index (κ1) is 17.7. The lowest BCUT2D eigenvalue weighted by Crippen LogP contribution is -2.50. The lowest BCUT2D eigenvalue weighted by molar-refractivity contribution is -0.218. The first-order valence-electron chi connectivity index (χ1n) is 7.26. The molecule has 1 aliphatic rings. The zero-order chi connectivity index (χ0) is 17.7. The van der Waals surface area contributed by atoms with Crippen LogP contribution in [0.2, 0.25) is 0 Å². The SMILES string of the molecule is C=C(CC(=O)OC1(c2ccc(C)cc2)COC1)C(=O)OCC(=O)O. The molecule has 7 nitrogen and oxygen atoms in total. The molecule has 0 aliphatic carbocycles. The molecule has 0 atom stereocenters. The van der Waals surface area contributed by atoms with Crippen molar-refractivity contribution in [1.82, 2.24) is 0 Å². The number of esters is 2. The number of carbonyl (C=O) groups excluding carboxylic acids is 2. The van der Waals surface area contributed by atoms with Crippen molar-refractivity contribution in [1.29, 1.82) is 0 Å². The van der Waals surface area contributed by atoms with E-state index >= 15 is 0 Å². The number of benzene rings is 1. The van der Waals surface area contributed by atoms with Crippen LogP contribution in [-0.2, 0) is 34.2 Å². The van der Waals surface area contributed by atoms with Gasteiger partial charge in [0.25, 0.3) is 0 Å². The molecule has 0 aromatic heterocycles. The largest absolute Gasteiger partial charge is 0.479 e. The van der Waals surface area contributed by atoms with Crippen LogP contribution in [0.1, 0.15) is 17.5 Å². The van der Waals surface area contributed by atoms with Crippen molar-refractivity contribution in [3.8, 4) is 0 Å². The molecule has 1 aromatic carbocycles. The van der Waals surface area contributed by atoms with Crippen LogP contribution < -0.4 is 0 Å². The molecule has 0 amide bonds. The molecule has 1 aliphatic heterocycles. The van der Waals surface area contributed by atoms with Crippen LogP contribution in [0.3, 0.4) is 0 Å². The van der Waals surface area contributed by atoms with E-state index in [4.69, 9.17) is 14.6 Å². The third-order valence-corrected chi connectivity index (χ3v) is 3.53. The van der Waals surface area contributed by atoms with Crippen molar-refractivity contribution in [2.45, 2.75) is 18.9 Å². The molecule has 128 valence electrons. The zero-order valence-electron chi connectivity index (χ0n) is 13.2. The van der Waals surface area contributed by atoms with Crippen molar-refractivity contribution in [3.05, 3.63) is 47.5 Å². The quantitative estimate of drug-likeness (QED) is 0.593. The van der Waals surface area contributed by atoms with Crippen LogP contribution in [-0.4, -0.2) is 42.8 Å². The minimum Gasteiger partial charge on any atom is -0.479 e. The second-order valence-corrected chi connectivity index (χ2v) is 5.58. The number of aliphatic carboxylic acids is 1. The van der Waals surface area contributed by atoms with Gasteiger partial charge in [-0.3, -0.25) is 4.79 Å². The van der Waals surface area contributed by atoms with E-state index in [2.05, 4.69) is 11.3 Å². The lowest BCUT2D eigenvalue weighted by atomic mass is 9.91. The van der Waals surface area contributed by atoms with E-state index in [0.29, 0.717) is 0 Å². The molecule has 0 unspecified atom stereocenters. The zero-order valence-corrected chi connectivity index (χ0v) is 13.2. The molecule has 0 bridgehead atoms. The van der Waals surface area contributed by atoms with Gasteiger partial charge < -0.3 is 19.3 Å². The van der Waals surface area contributed by atoms with Gasteiger partial charge in [-0.2, -0.15) is 0 Å². The number of hydrogen-bond donors (Lipinski definition) is 1. The standard InChI is InChI=1S/C17H18O7/c1-11-3-5-13(6-4-11)17(9-22-10-17)24-15(20)7-12(2)16(21)23-8-14(18)19/h3-6H,2,7-10H2,1H3,(H,18,19). The van der Waals surface area contributed by atoms with E-state index < -0.39 is 30.1 Å². The summed E-state index contributed by atoms with van der Waals surface area (Å²) in [5, 5.41) is 8.45. The van der Waals surface area contributed by atoms with E-state index in [9.17, 15) is 14.4 Å². The predicted molar refractivity (Wildman–Crippen MR) is 82.1 cm³/mol. The molecule has 7 heteroatoms. The van der Waals surface area contributed by atoms with E-state index in [0.717, 1.165) is 11.1 Å². The second kappa shape index (κ2) is 7.27. The monoisotopic (exact) mass is 334 g/mol. The van der Waals surface area contributed by atoms with Gasteiger partial charge in [-0.05, 0) is 6.92 Å². The minimum absolute atomic E-state index is 0.166. The van der Waals surface area contributed by atoms with E-state index in [-0.39, 0.29) is 25.2 Å². The molecule has 1 heterocycles. The maximum atomic E-state index is 12.1. The summed E-state index contributed by atoms with van der Waals surface area (Å²) in [5.74, 6) is -2.89. The normalized spacial score (nSPS) is 15.0. The molecule has 1 aromatic rings. The molecule has 0 saturated carbocycles. The number of rotatable bonds is 7. The van der Waals surface area contributed by atoms with Crippen LogP contribution in [0.15, 0.2) is 36.4 Å². The summed E-state index contributed by atoms with van der Waals surface area (Å²) in [6, 6.07) is 7.54. The van der Waals surface area contributed by atoms with Crippen molar-refractivity contribution in [3.63, 3.8) is 0 Å². The number of aryl methyl sites for hydroxylation is 1.